The van der Waals surface area contributed by atoms with Crippen molar-refractivity contribution in [1.82, 2.24) is 20.2 Å². The zero-order chi connectivity index (χ0) is 23.9. The van der Waals surface area contributed by atoms with E-state index < -0.39 is 0 Å². The monoisotopic (exact) mass is 504 g/mol. The molecule has 0 spiro atoms. The predicted octanol–water partition coefficient (Wildman–Crippen LogP) is 4.49. The van der Waals surface area contributed by atoms with E-state index in [9.17, 15) is 9.59 Å². The number of halogens is 2. The Morgan fingerprint density at radius 2 is 1.97 bits per heavy atom. The third-order valence-electron chi connectivity index (χ3n) is 6.23. The smallest absolute Gasteiger partial charge is 0.256 e. The van der Waals surface area contributed by atoms with Crippen molar-refractivity contribution in [1.29, 1.82) is 0 Å². The zero-order valence-corrected chi connectivity index (χ0v) is 20.6. The van der Waals surface area contributed by atoms with Crippen molar-refractivity contribution >= 4 is 46.8 Å². The number of amides is 2. The fourth-order valence-corrected chi connectivity index (χ4v) is 4.67. The Morgan fingerprint density at radius 3 is 2.71 bits per heavy atom. The van der Waals surface area contributed by atoms with Crippen molar-refractivity contribution in [2.45, 2.75) is 57.5 Å². The molecule has 1 saturated carbocycles. The summed E-state index contributed by atoms with van der Waals surface area (Å²) in [5.41, 5.74) is 1.37. The van der Waals surface area contributed by atoms with Crippen LogP contribution >= 0.6 is 23.2 Å². The molecule has 2 aliphatic rings. The molecule has 2 fully saturated rings. The van der Waals surface area contributed by atoms with Crippen LogP contribution in [0.15, 0.2) is 24.4 Å². The van der Waals surface area contributed by atoms with E-state index >= 15 is 0 Å². The molecule has 10 heteroatoms. The van der Waals surface area contributed by atoms with Gasteiger partial charge in [0, 0.05) is 44.8 Å². The van der Waals surface area contributed by atoms with Gasteiger partial charge in [-0.3, -0.25) is 9.59 Å². The molecule has 182 valence electrons. The highest BCUT2D eigenvalue weighted by Gasteiger charge is 2.22. The SMILES string of the molecule is O=C(NCCCN1CCCC1=O)c1cnc(NCc2ccc(Cl)c(Cl)c2)nc1NC1CCCC1. The fraction of sp³-hybridized carbons (Fsp3) is 0.500. The van der Waals surface area contributed by atoms with Crippen molar-refractivity contribution < 1.29 is 9.59 Å². The lowest BCUT2D eigenvalue weighted by molar-refractivity contribution is -0.127. The number of rotatable bonds is 10. The van der Waals surface area contributed by atoms with Crippen LogP contribution in [0.4, 0.5) is 11.8 Å². The first kappa shape index (κ1) is 24.5. The zero-order valence-electron chi connectivity index (χ0n) is 19.1. The highest BCUT2D eigenvalue weighted by molar-refractivity contribution is 6.42. The number of hydrogen-bond donors (Lipinski definition) is 3. The van der Waals surface area contributed by atoms with Crippen LogP contribution in [0.1, 0.15) is 60.9 Å². The average molecular weight is 505 g/mol. The van der Waals surface area contributed by atoms with Crippen molar-refractivity contribution in [3.8, 4) is 0 Å². The lowest BCUT2D eigenvalue weighted by Crippen LogP contribution is -2.31. The summed E-state index contributed by atoms with van der Waals surface area (Å²) in [4.78, 5) is 35.5. The minimum absolute atomic E-state index is 0.201. The molecular formula is C24H30Cl2N6O2. The Bertz CT molecular complexity index is 1030. The third-order valence-corrected chi connectivity index (χ3v) is 6.96. The summed E-state index contributed by atoms with van der Waals surface area (Å²) in [6.07, 6.45) is 8.27. The van der Waals surface area contributed by atoms with E-state index in [1.807, 2.05) is 11.0 Å². The van der Waals surface area contributed by atoms with E-state index in [0.717, 1.165) is 31.4 Å². The topological polar surface area (TPSA) is 99.2 Å². The van der Waals surface area contributed by atoms with Gasteiger partial charge >= 0.3 is 0 Å². The lowest BCUT2D eigenvalue weighted by Gasteiger charge is -2.18. The van der Waals surface area contributed by atoms with E-state index in [1.54, 1.807) is 18.3 Å². The molecule has 1 aliphatic carbocycles. The Hall–Kier alpha value is -2.58. The summed E-state index contributed by atoms with van der Waals surface area (Å²) in [6.45, 7) is 2.44. The molecule has 0 radical (unpaired) electrons. The predicted molar refractivity (Wildman–Crippen MR) is 134 cm³/mol. The minimum Gasteiger partial charge on any atom is -0.367 e. The summed E-state index contributed by atoms with van der Waals surface area (Å²) in [5, 5.41) is 10.6. The summed E-state index contributed by atoms with van der Waals surface area (Å²) in [5.74, 6) is 0.942. The van der Waals surface area contributed by atoms with Crippen LogP contribution in [0.25, 0.3) is 0 Å². The lowest BCUT2D eigenvalue weighted by atomic mass is 10.2. The van der Waals surface area contributed by atoms with Gasteiger partial charge in [-0.1, -0.05) is 42.1 Å². The highest BCUT2D eigenvalue weighted by atomic mass is 35.5. The van der Waals surface area contributed by atoms with Crippen molar-refractivity contribution in [2.24, 2.45) is 0 Å². The molecule has 4 rings (SSSR count). The van der Waals surface area contributed by atoms with Gasteiger partial charge in [-0.05, 0) is 43.4 Å². The van der Waals surface area contributed by atoms with Crippen LogP contribution in [0.5, 0.6) is 0 Å². The number of aromatic nitrogens is 2. The van der Waals surface area contributed by atoms with Gasteiger partial charge in [0.05, 0.1) is 10.0 Å². The molecule has 8 nitrogen and oxygen atoms in total. The first-order valence-corrected chi connectivity index (χ1v) is 12.6. The van der Waals surface area contributed by atoms with E-state index in [0.29, 0.717) is 65.9 Å². The second kappa shape index (κ2) is 11.7. The van der Waals surface area contributed by atoms with Crippen LogP contribution in [0.2, 0.25) is 10.0 Å². The summed E-state index contributed by atoms with van der Waals surface area (Å²) in [6, 6.07) is 5.73. The second-order valence-corrected chi connectivity index (χ2v) is 9.59. The largest absolute Gasteiger partial charge is 0.367 e. The van der Waals surface area contributed by atoms with E-state index in [-0.39, 0.29) is 11.8 Å². The quantitative estimate of drug-likeness (QED) is 0.412. The molecule has 1 saturated heterocycles. The molecule has 0 atom stereocenters. The Kier molecular flexibility index (Phi) is 8.45. The summed E-state index contributed by atoms with van der Waals surface area (Å²) in [7, 11) is 0. The molecule has 0 unspecified atom stereocenters. The number of likely N-dealkylation sites (tertiary alicyclic amines) is 1. The Balaban J connectivity index is 1.38. The maximum absolute atomic E-state index is 12.9. The maximum Gasteiger partial charge on any atom is 0.256 e. The van der Waals surface area contributed by atoms with Crippen LogP contribution < -0.4 is 16.0 Å². The van der Waals surface area contributed by atoms with Gasteiger partial charge in [-0.25, -0.2) is 4.98 Å². The number of anilines is 2. The molecule has 2 aromatic rings. The average Bonchev–Trinajstić information content (AvgIpc) is 3.49. The maximum atomic E-state index is 12.9. The normalized spacial score (nSPS) is 16.2. The molecule has 1 aliphatic heterocycles. The van der Waals surface area contributed by atoms with Crippen LogP contribution in [-0.2, 0) is 11.3 Å². The Morgan fingerprint density at radius 1 is 1.15 bits per heavy atom. The second-order valence-electron chi connectivity index (χ2n) is 8.78. The molecule has 0 bridgehead atoms. The standard InChI is InChI=1S/C24H30Cl2N6O2/c25-19-9-8-16(13-20(19)26)14-28-24-29-15-18(22(31-24)30-17-5-1-2-6-17)23(34)27-10-4-12-32-11-3-7-21(32)33/h8-9,13,15,17H,1-7,10-12,14H2,(H,27,34)(H2,28,29,30,31). The number of nitrogens with one attached hydrogen (secondary N) is 3. The van der Waals surface area contributed by atoms with E-state index in [2.05, 4.69) is 25.9 Å². The fourth-order valence-electron chi connectivity index (χ4n) is 4.34. The van der Waals surface area contributed by atoms with E-state index in [4.69, 9.17) is 23.2 Å². The van der Waals surface area contributed by atoms with Crippen LogP contribution in [0, 0.1) is 0 Å². The molecule has 2 heterocycles. The number of nitrogens with zero attached hydrogens (tertiary/aromatic N) is 3. The highest BCUT2D eigenvalue weighted by Crippen LogP contribution is 2.25. The summed E-state index contributed by atoms with van der Waals surface area (Å²) < 4.78 is 0. The van der Waals surface area contributed by atoms with Gasteiger partial charge in [0.2, 0.25) is 11.9 Å². The molecule has 3 N–H and O–H groups in total. The van der Waals surface area contributed by atoms with Gasteiger partial charge in [0.1, 0.15) is 11.4 Å². The van der Waals surface area contributed by atoms with Gasteiger partial charge in [-0.15, -0.1) is 0 Å². The van der Waals surface area contributed by atoms with Crippen LogP contribution in [0.3, 0.4) is 0 Å². The van der Waals surface area contributed by atoms with Gasteiger partial charge in [0.25, 0.3) is 5.91 Å². The van der Waals surface area contributed by atoms with Crippen LogP contribution in [-0.4, -0.2) is 52.4 Å². The number of benzene rings is 1. The van der Waals surface area contributed by atoms with Crippen molar-refractivity contribution in [3.63, 3.8) is 0 Å². The first-order chi connectivity index (χ1) is 16.5. The number of hydrogen-bond acceptors (Lipinski definition) is 6. The molecule has 1 aromatic heterocycles. The van der Waals surface area contributed by atoms with Gasteiger partial charge in [-0.2, -0.15) is 4.98 Å². The van der Waals surface area contributed by atoms with Crippen molar-refractivity contribution in [3.05, 3.63) is 45.6 Å². The Labute approximate surface area is 209 Å². The summed E-state index contributed by atoms with van der Waals surface area (Å²) >= 11 is 12.1. The molecule has 34 heavy (non-hydrogen) atoms. The molecular weight excluding hydrogens is 475 g/mol. The van der Waals surface area contributed by atoms with E-state index in [1.165, 1.54) is 12.8 Å². The van der Waals surface area contributed by atoms with Gasteiger partial charge < -0.3 is 20.9 Å². The molecule has 2 amide bonds. The number of carbonyl (C=O) groups excluding carboxylic acids is 2. The minimum atomic E-state index is -0.218. The first-order valence-electron chi connectivity index (χ1n) is 11.9. The molecule has 1 aromatic carbocycles. The van der Waals surface area contributed by atoms with Crippen molar-refractivity contribution in [2.75, 3.05) is 30.3 Å². The van der Waals surface area contributed by atoms with Gasteiger partial charge in [0.15, 0.2) is 0 Å². The number of carbonyl (C=O) groups is 2. The third kappa shape index (κ3) is 6.51.